The van der Waals surface area contributed by atoms with Gasteiger partial charge in [-0.05, 0) is 31.5 Å². The lowest BCUT2D eigenvalue weighted by Gasteiger charge is -2.08. The number of nitrogens with zero attached hydrogens (tertiary/aromatic N) is 2. The monoisotopic (exact) mass is 300 g/mol. The number of hydrogen-bond donors (Lipinski definition) is 2. The average molecular weight is 300 g/mol. The maximum absolute atomic E-state index is 13.7. The lowest BCUT2D eigenvalue weighted by Crippen LogP contribution is -2.24. The Hall–Kier alpha value is -2.00. The van der Waals surface area contributed by atoms with Crippen molar-refractivity contribution in [3.05, 3.63) is 35.2 Å². The smallest absolute Gasteiger partial charge is 0.244 e. The number of halogens is 1. The summed E-state index contributed by atoms with van der Waals surface area (Å²) in [7, 11) is -4.05. The van der Waals surface area contributed by atoms with Crippen LogP contribution in [0.5, 0.6) is 0 Å². The summed E-state index contributed by atoms with van der Waals surface area (Å²) >= 11 is 0. The first kappa shape index (κ1) is 14.4. The van der Waals surface area contributed by atoms with Gasteiger partial charge in [-0.25, -0.2) is 17.5 Å². The van der Waals surface area contributed by atoms with Crippen LogP contribution in [0.1, 0.15) is 17.3 Å². The van der Waals surface area contributed by atoms with Crippen molar-refractivity contribution >= 4 is 15.7 Å². The Morgan fingerprint density at radius 2 is 2.10 bits per heavy atom. The number of sulfonamides is 1. The third-order valence-electron chi connectivity index (χ3n) is 2.59. The molecule has 2 aromatic rings. The summed E-state index contributed by atoms with van der Waals surface area (Å²) in [5.74, 6) is -0.401. The molecule has 9 heteroatoms. The van der Waals surface area contributed by atoms with Crippen LogP contribution in [-0.2, 0) is 16.6 Å². The van der Waals surface area contributed by atoms with Gasteiger partial charge in [-0.15, -0.1) is 0 Å². The highest BCUT2D eigenvalue weighted by Crippen LogP contribution is 2.21. The Morgan fingerprint density at radius 1 is 1.40 bits per heavy atom. The molecule has 7 nitrogen and oxygen atoms in total. The molecule has 20 heavy (non-hydrogen) atoms. The molecule has 0 spiro atoms. The number of benzene rings is 1. The van der Waals surface area contributed by atoms with E-state index in [2.05, 4.69) is 14.9 Å². The third-order valence-corrected chi connectivity index (χ3v) is 4.01. The summed E-state index contributed by atoms with van der Waals surface area (Å²) in [5, 5.41) is 3.52. The molecule has 0 bridgehead atoms. The van der Waals surface area contributed by atoms with Crippen LogP contribution in [-0.4, -0.2) is 18.6 Å². The van der Waals surface area contributed by atoms with Crippen molar-refractivity contribution < 1.29 is 17.3 Å². The van der Waals surface area contributed by atoms with Gasteiger partial charge >= 0.3 is 0 Å². The molecule has 0 aliphatic heterocycles. The zero-order chi connectivity index (χ0) is 14.9. The van der Waals surface area contributed by atoms with Gasteiger partial charge in [0.05, 0.1) is 6.54 Å². The van der Waals surface area contributed by atoms with Crippen LogP contribution in [0.25, 0.3) is 0 Å². The number of aryl methyl sites for hydroxylation is 2. The standard InChI is InChI=1S/C11H13FN4O3S/c1-6-3-8(12)10(4-9(6)13)20(17,18)14-5-11-15-7(2)16-19-11/h3-4,14H,5,13H2,1-2H3. The van der Waals surface area contributed by atoms with Crippen LogP contribution in [0.15, 0.2) is 21.6 Å². The van der Waals surface area contributed by atoms with E-state index >= 15 is 0 Å². The third kappa shape index (κ3) is 2.94. The maximum atomic E-state index is 13.7. The normalized spacial score (nSPS) is 11.8. The SMILES string of the molecule is Cc1noc(CNS(=O)(=O)c2cc(N)c(C)cc2F)n1. The molecule has 1 aromatic carbocycles. The molecular weight excluding hydrogens is 287 g/mol. The van der Waals surface area contributed by atoms with Gasteiger partial charge in [-0.2, -0.15) is 4.98 Å². The van der Waals surface area contributed by atoms with Gasteiger partial charge < -0.3 is 10.3 Å². The molecule has 108 valence electrons. The minimum absolute atomic E-state index is 0.0894. The molecule has 0 saturated carbocycles. The van der Waals surface area contributed by atoms with Gasteiger partial charge in [0.1, 0.15) is 10.7 Å². The molecule has 0 atom stereocenters. The topological polar surface area (TPSA) is 111 Å². The van der Waals surface area contributed by atoms with Crippen molar-refractivity contribution in [1.29, 1.82) is 0 Å². The summed E-state index contributed by atoms with van der Waals surface area (Å²) in [6.45, 7) is 2.96. The first-order valence-electron chi connectivity index (χ1n) is 5.64. The molecule has 0 amide bonds. The molecule has 0 unspecified atom stereocenters. The molecule has 0 aliphatic carbocycles. The highest BCUT2D eigenvalue weighted by Gasteiger charge is 2.21. The molecule has 0 saturated heterocycles. The number of nitrogen functional groups attached to an aromatic ring is 1. The zero-order valence-electron chi connectivity index (χ0n) is 10.8. The first-order chi connectivity index (χ1) is 9.29. The quantitative estimate of drug-likeness (QED) is 0.811. The van der Waals surface area contributed by atoms with Gasteiger partial charge in [-0.3, -0.25) is 0 Å². The van der Waals surface area contributed by atoms with Gasteiger partial charge in [-0.1, -0.05) is 5.16 Å². The highest BCUT2D eigenvalue weighted by molar-refractivity contribution is 7.89. The summed E-state index contributed by atoms with van der Waals surface area (Å²) in [6, 6.07) is 2.15. The van der Waals surface area contributed by atoms with Crippen molar-refractivity contribution in [2.45, 2.75) is 25.3 Å². The molecule has 0 fully saturated rings. The Kier molecular flexibility index (Phi) is 3.73. The summed E-state index contributed by atoms with van der Waals surface area (Å²) in [5.41, 5.74) is 6.26. The number of aromatic nitrogens is 2. The first-order valence-corrected chi connectivity index (χ1v) is 7.12. The molecule has 3 N–H and O–H groups in total. The zero-order valence-corrected chi connectivity index (χ0v) is 11.7. The van der Waals surface area contributed by atoms with Crippen molar-refractivity contribution in [2.24, 2.45) is 0 Å². The van der Waals surface area contributed by atoms with E-state index in [1.165, 1.54) is 0 Å². The van der Waals surface area contributed by atoms with E-state index in [1.807, 2.05) is 0 Å². The van der Waals surface area contributed by atoms with E-state index in [4.69, 9.17) is 10.3 Å². The highest BCUT2D eigenvalue weighted by atomic mass is 32.2. The van der Waals surface area contributed by atoms with E-state index in [0.717, 1.165) is 12.1 Å². The Morgan fingerprint density at radius 3 is 2.70 bits per heavy atom. The molecule has 0 aliphatic rings. The largest absolute Gasteiger partial charge is 0.398 e. The number of nitrogens with one attached hydrogen (secondary N) is 1. The average Bonchev–Trinajstić information content (AvgIpc) is 2.77. The molecular formula is C11H13FN4O3S. The number of rotatable bonds is 4. The second kappa shape index (κ2) is 5.17. The van der Waals surface area contributed by atoms with E-state index in [0.29, 0.717) is 11.4 Å². The summed E-state index contributed by atoms with van der Waals surface area (Å²) < 4.78 is 44.7. The van der Waals surface area contributed by atoms with E-state index in [-0.39, 0.29) is 18.1 Å². The predicted octanol–water partition coefficient (Wildman–Crippen LogP) is 0.886. The van der Waals surface area contributed by atoms with E-state index in [9.17, 15) is 12.8 Å². The van der Waals surface area contributed by atoms with Crippen LogP contribution >= 0.6 is 0 Å². The summed E-state index contributed by atoms with van der Waals surface area (Å²) in [4.78, 5) is 3.32. The Labute approximate surface area is 115 Å². The van der Waals surface area contributed by atoms with Crippen LogP contribution in [0, 0.1) is 19.7 Å². The molecule has 2 rings (SSSR count). The second-order valence-corrected chi connectivity index (χ2v) is 5.93. The van der Waals surface area contributed by atoms with Gasteiger partial charge in [0.2, 0.25) is 15.9 Å². The van der Waals surface area contributed by atoms with E-state index in [1.54, 1.807) is 13.8 Å². The maximum Gasteiger partial charge on any atom is 0.244 e. The van der Waals surface area contributed by atoms with Crippen molar-refractivity contribution in [3.63, 3.8) is 0 Å². The lowest BCUT2D eigenvalue weighted by atomic mass is 10.2. The molecule has 0 radical (unpaired) electrons. The predicted molar refractivity (Wildman–Crippen MR) is 68.6 cm³/mol. The van der Waals surface area contributed by atoms with Crippen LogP contribution < -0.4 is 10.5 Å². The molecule has 1 aromatic heterocycles. The van der Waals surface area contributed by atoms with Crippen molar-refractivity contribution in [2.75, 3.05) is 5.73 Å². The minimum Gasteiger partial charge on any atom is -0.398 e. The fourth-order valence-corrected chi connectivity index (χ4v) is 2.59. The summed E-state index contributed by atoms with van der Waals surface area (Å²) in [6.07, 6.45) is 0. The van der Waals surface area contributed by atoms with Crippen molar-refractivity contribution in [1.82, 2.24) is 14.9 Å². The van der Waals surface area contributed by atoms with Crippen LogP contribution in [0.2, 0.25) is 0 Å². The van der Waals surface area contributed by atoms with Crippen molar-refractivity contribution in [3.8, 4) is 0 Å². The number of nitrogens with two attached hydrogens (primary N) is 1. The minimum atomic E-state index is -4.05. The van der Waals surface area contributed by atoms with Crippen LogP contribution in [0.3, 0.4) is 0 Å². The van der Waals surface area contributed by atoms with Gasteiger partial charge in [0.15, 0.2) is 5.82 Å². The van der Waals surface area contributed by atoms with Gasteiger partial charge in [0, 0.05) is 5.69 Å². The fraction of sp³-hybridized carbons (Fsp3) is 0.273. The fourth-order valence-electron chi connectivity index (χ4n) is 1.52. The van der Waals surface area contributed by atoms with E-state index < -0.39 is 20.7 Å². The van der Waals surface area contributed by atoms with Crippen LogP contribution in [0.4, 0.5) is 10.1 Å². The number of hydrogen-bond acceptors (Lipinski definition) is 6. The Balaban J connectivity index is 2.24. The Bertz CT molecular complexity index is 742. The second-order valence-electron chi connectivity index (χ2n) is 4.20. The molecule has 1 heterocycles. The number of anilines is 1. The van der Waals surface area contributed by atoms with Gasteiger partial charge in [0.25, 0.3) is 0 Å². The lowest BCUT2D eigenvalue weighted by molar-refractivity contribution is 0.372.